The van der Waals surface area contributed by atoms with Crippen molar-refractivity contribution >= 4 is 11.4 Å². The van der Waals surface area contributed by atoms with Crippen LogP contribution < -0.4 is 19.5 Å². The fraction of sp³-hybridized carbons (Fsp3) is 0.240. The van der Waals surface area contributed by atoms with E-state index in [1.165, 1.54) is 0 Å². The van der Waals surface area contributed by atoms with Crippen molar-refractivity contribution in [3.63, 3.8) is 0 Å². The number of pyridine rings is 1. The molecule has 0 aliphatic carbocycles. The second kappa shape index (κ2) is 9.53. The van der Waals surface area contributed by atoms with Crippen LogP contribution in [-0.4, -0.2) is 39.5 Å². The molecular weight excluding hydrogens is 392 g/mol. The molecule has 0 spiro atoms. The molecule has 6 heteroatoms. The molecule has 0 saturated heterocycles. The van der Waals surface area contributed by atoms with Gasteiger partial charge in [0.15, 0.2) is 11.5 Å². The van der Waals surface area contributed by atoms with E-state index in [4.69, 9.17) is 18.9 Å². The molecule has 31 heavy (non-hydrogen) atoms. The third-order valence-corrected chi connectivity index (χ3v) is 5.23. The molecule has 4 rings (SSSR count). The summed E-state index contributed by atoms with van der Waals surface area (Å²) in [5.74, 6) is 3.10. The zero-order chi connectivity index (χ0) is 21.6. The Morgan fingerprint density at radius 1 is 0.871 bits per heavy atom. The van der Waals surface area contributed by atoms with Crippen LogP contribution in [0, 0.1) is 0 Å². The summed E-state index contributed by atoms with van der Waals surface area (Å²) in [7, 11) is 4.98. The molecule has 6 nitrogen and oxygen atoms in total. The van der Waals surface area contributed by atoms with Crippen LogP contribution in [0.1, 0.15) is 11.1 Å². The Morgan fingerprint density at radius 2 is 1.71 bits per heavy atom. The highest BCUT2D eigenvalue weighted by Gasteiger charge is 2.17. The van der Waals surface area contributed by atoms with E-state index in [9.17, 15) is 0 Å². The molecule has 0 radical (unpaired) electrons. The van der Waals surface area contributed by atoms with Gasteiger partial charge in [0.05, 0.1) is 20.8 Å². The molecule has 0 bridgehead atoms. The van der Waals surface area contributed by atoms with E-state index >= 15 is 0 Å². The molecule has 0 saturated carbocycles. The van der Waals surface area contributed by atoms with Crippen LogP contribution in [0.5, 0.6) is 17.2 Å². The number of anilines is 1. The molecule has 1 N–H and O–H groups in total. The summed E-state index contributed by atoms with van der Waals surface area (Å²) in [5, 5.41) is 3.32. The normalized spacial score (nSPS) is 12.4. The van der Waals surface area contributed by atoms with Gasteiger partial charge in [0.2, 0.25) is 0 Å². The van der Waals surface area contributed by atoms with E-state index < -0.39 is 0 Å². The van der Waals surface area contributed by atoms with Crippen LogP contribution in [0.25, 0.3) is 16.7 Å². The van der Waals surface area contributed by atoms with Gasteiger partial charge in [-0.2, -0.15) is 0 Å². The summed E-state index contributed by atoms with van der Waals surface area (Å²) in [6.07, 6.45) is 4.63. The van der Waals surface area contributed by atoms with Crippen LogP contribution in [-0.2, 0) is 11.2 Å². The predicted molar refractivity (Wildman–Crippen MR) is 122 cm³/mol. The van der Waals surface area contributed by atoms with Gasteiger partial charge in [0, 0.05) is 37.1 Å². The number of methoxy groups -OCH3 is 3. The smallest absolute Gasteiger partial charge is 0.161 e. The van der Waals surface area contributed by atoms with E-state index in [0.717, 1.165) is 45.8 Å². The van der Waals surface area contributed by atoms with Crippen molar-refractivity contribution in [3.8, 4) is 28.4 Å². The summed E-state index contributed by atoms with van der Waals surface area (Å²) in [5.41, 5.74) is 5.39. The number of fused-ring (bicyclic) bond motifs is 1. The van der Waals surface area contributed by atoms with Gasteiger partial charge < -0.3 is 24.3 Å². The molecule has 0 atom stereocenters. The number of allylic oxidation sites excluding steroid dienone is 1. The van der Waals surface area contributed by atoms with Crippen molar-refractivity contribution in [3.05, 3.63) is 72.1 Å². The molecule has 1 aliphatic rings. The molecule has 3 aromatic rings. The molecule has 2 aromatic carbocycles. The minimum Gasteiger partial charge on any atom is -0.496 e. The third kappa shape index (κ3) is 4.49. The summed E-state index contributed by atoms with van der Waals surface area (Å²) >= 11 is 0. The van der Waals surface area contributed by atoms with Gasteiger partial charge in [-0.1, -0.05) is 24.3 Å². The molecule has 1 aromatic heterocycles. The molecule has 2 heterocycles. The fourth-order valence-electron chi connectivity index (χ4n) is 3.63. The van der Waals surface area contributed by atoms with E-state index in [1.807, 2.05) is 48.8 Å². The third-order valence-electron chi connectivity index (χ3n) is 5.23. The average Bonchev–Trinajstić information content (AvgIpc) is 2.83. The second-order valence-corrected chi connectivity index (χ2v) is 7.13. The summed E-state index contributed by atoms with van der Waals surface area (Å²) in [6, 6.07) is 16.1. The Labute approximate surface area is 182 Å². The number of nitrogens with one attached hydrogen (secondary N) is 1. The quantitative estimate of drug-likeness (QED) is 0.530. The first kappa shape index (κ1) is 20.8. The van der Waals surface area contributed by atoms with Gasteiger partial charge in [-0.25, -0.2) is 4.98 Å². The Morgan fingerprint density at radius 3 is 2.52 bits per heavy atom. The van der Waals surface area contributed by atoms with Gasteiger partial charge in [0.1, 0.15) is 18.2 Å². The molecule has 1 aliphatic heterocycles. The first-order valence-corrected chi connectivity index (χ1v) is 10.1. The van der Waals surface area contributed by atoms with Gasteiger partial charge in [-0.05, 0) is 41.0 Å². The maximum Gasteiger partial charge on any atom is 0.161 e. The fourth-order valence-corrected chi connectivity index (χ4v) is 3.63. The number of hydrogen-bond donors (Lipinski definition) is 1. The topological polar surface area (TPSA) is 61.8 Å². The van der Waals surface area contributed by atoms with E-state index in [0.29, 0.717) is 24.7 Å². The highest BCUT2D eigenvalue weighted by Crippen LogP contribution is 2.36. The van der Waals surface area contributed by atoms with Crippen LogP contribution in [0.3, 0.4) is 0 Å². The number of para-hydroxylation sites is 1. The Bertz CT molecular complexity index is 1090. The molecular formula is C25H26N2O4. The lowest BCUT2D eigenvalue weighted by Gasteiger charge is -2.20. The zero-order valence-electron chi connectivity index (χ0n) is 18.0. The molecule has 160 valence electrons. The minimum atomic E-state index is 0.469. The highest BCUT2D eigenvalue weighted by atomic mass is 16.5. The molecule has 0 amide bonds. The largest absolute Gasteiger partial charge is 0.496 e. The number of benzene rings is 2. The van der Waals surface area contributed by atoms with Crippen molar-refractivity contribution in [2.24, 2.45) is 0 Å². The van der Waals surface area contributed by atoms with E-state index in [-0.39, 0.29) is 0 Å². The first-order valence-electron chi connectivity index (χ1n) is 10.1. The number of rotatable bonds is 8. The lowest BCUT2D eigenvalue weighted by Crippen LogP contribution is -2.08. The predicted octanol–water partition coefficient (Wildman–Crippen LogP) is 4.80. The summed E-state index contributed by atoms with van der Waals surface area (Å²) < 4.78 is 21.8. The highest BCUT2D eigenvalue weighted by molar-refractivity contribution is 5.79. The number of hydrogen-bond acceptors (Lipinski definition) is 6. The maximum atomic E-state index is 5.74. The molecule has 0 fully saturated rings. The number of aromatic nitrogens is 1. The van der Waals surface area contributed by atoms with Crippen molar-refractivity contribution in [2.75, 3.05) is 39.9 Å². The molecule has 0 unspecified atom stereocenters. The van der Waals surface area contributed by atoms with Crippen LogP contribution in [0.15, 0.2) is 60.9 Å². The van der Waals surface area contributed by atoms with Gasteiger partial charge in [-0.15, -0.1) is 0 Å². The SMILES string of the molecule is COCCOc1ccc(-c2cnc3c(c2)CC(c2ccccc2OC)=CN3)cc1OC. The maximum absolute atomic E-state index is 5.74. The lowest BCUT2D eigenvalue weighted by molar-refractivity contribution is 0.144. The van der Waals surface area contributed by atoms with E-state index in [1.54, 1.807) is 21.3 Å². The van der Waals surface area contributed by atoms with Crippen LogP contribution >= 0.6 is 0 Å². The van der Waals surface area contributed by atoms with Crippen LogP contribution in [0.2, 0.25) is 0 Å². The van der Waals surface area contributed by atoms with Crippen molar-refractivity contribution in [1.82, 2.24) is 4.98 Å². The zero-order valence-corrected chi connectivity index (χ0v) is 18.0. The average molecular weight is 418 g/mol. The standard InChI is InChI=1S/C25H26N2O4/c1-28-10-11-31-23-9-8-17(14-24(23)30-3)19-12-18-13-20(16-27-25(18)26-15-19)21-6-4-5-7-22(21)29-2/h4-9,12,14-16H,10-11,13H2,1-3H3,(H,26,27). The first-order chi connectivity index (χ1) is 15.2. The number of nitrogens with zero attached hydrogens (tertiary/aromatic N) is 1. The van der Waals surface area contributed by atoms with Gasteiger partial charge in [-0.3, -0.25) is 0 Å². The van der Waals surface area contributed by atoms with Crippen LogP contribution in [0.4, 0.5) is 5.82 Å². The Balaban J connectivity index is 1.60. The Hall–Kier alpha value is -3.51. The second-order valence-electron chi connectivity index (χ2n) is 7.13. The summed E-state index contributed by atoms with van der Waals surface area (Å²) in [4.78, 5) is 4.63. The minimum absolute atomic E-state index is 0.469. The van der Waals surface area contributed by atoms with Crippen molar-refractivity contribution in [1.29, 1.82) is 0 Å². The lowest BCUT2D eigenvalue weighted by atomic mass is 9.94. The van der Waals surface area contributed by atoms with Gasteiger partial charge in [0.25, 0.3) is 0 Å². The van der Waals surface area contributed by atoms with Gasteiger partial charge >= 0.3 is 0 Å². The van der Waals surface area contributed by atoms with Crippen molar-refractivity contribution < 1.29 is 18.9 Å². The van der Waals surface area contributed by atoms with Crippen molar-refractivity contribution in [2.45, 2.75) is 6.42 Å². The monoisotopic (exact) mass is 418 g/mol. The number of ether oxygens (including phenoxy) is 4. The Kier molecular flexibility index (Phi) is 6.38. The van der Waals surface area contributed by atoms with E-state index in [2.05, 4.69) is 22.4 Å². The summed E-state index contributed by atoms with van der Waals surface area (Å²) in [6.45, 7) is 0.991.